The van der Waals surface area contributed by atoms with Crippen molar-refractivity contribution in [1.29, 1.82) is 10.5 Å². The lowest BCUT2D eigenvalue weighted by atomic mass is 10.2. The van der Waals surface area contributed by atoms with Crippen LogP contribution in [0.25, 0.3) is 10.9 Å². The third-order valence-electron chi connectivity index (χ3n) is 2.40. The molecule has 3 nitrogen and oxygen atoms in total. The van der Waals surface area contributed by atoms with Gasteiger partial charge in [0.1, 0.15) is 18.3 Å². The Bertz CT molecular complexity index is 594. The molecular weight excluding hydrogens is 186 g/mol. The first-order valence-electron chi connectivity index (χ1n) is 4.63. The van der Waals surface area contributed by atoms with Gasteiger partial charge in [0, 0.05) is 5.39 Å². The molecule has 0 radical (unpaired) electrons. The molecule has 15 heavy (non-hydrogen) atoms. The Morgan fingerprint density at radius 3 is 2.73 bits per heavy atom. The summed E-state index contributed by atoms with van der Waals surface area (Å²) in [4.78, 5) is 0. The van der Waals surface area contributed by atoms with Gasteiger partial charge in [0.2, 0.25) is 0 Å². The van der Waals surface area contributed by atoms with Crippen molar-refractivity contribution in [3.63, 3.8) is 0 Å². The maximum atomic E-state index is 8.94. The summed E-state index contributed by atoms with van der Waals surface area (Å²) >= 11 is 0. The fraction of sp³-hybridized carbons (Fsp3) is 0.167. The molecule has 0 saturated heterocycles. The molecular formula is C12H9N3. The lowest BCUT2D eigenvalue weighted by Gasteiger charge is -2.00. The molecule has 2 aromatic rings. The zero-order chi connectivity index (χ0) is 10.8. The lowest BCUT2D eigenvalue weighted by Crippen LogP contribution is -1.97. The van der Waals surface area contributed by atoms with Crippen LogP contribution in [-0.2, 0) is 6.54 Å². The van der Waals surface area contributed by atoms with Gasteiger partial charge >= 0.3 is 0 Å². The van der Waals surface area contributed by atoms with E-state index in [1.165, 1.54) is 0 Å². The maximum absolute atomic E-state index is 8.94. The van der Waals surface area contributed by atoms with Gasteiger partial charge in [0.15, 0.2) is 0 Å². The van der Waals surface area contributed by atoms with Crippen LogP contribution in [0, 0.1) is 29.6 Å². The molecule has 1 heterocycles. The van der Waals surface area contributed by atoms with E-state index in [2.05, 4.69) is 12.1 Å². The fourth-order valence-electron chi connectivity index (χ4n) is 1.72. The molecule has 0 spiro atoms. The largest absolute Gasteiger partial charge is 0.318 e. The first kappa shape index (κ1) is 9.30. The molecule has 0 N–H and O–H groups in total. The predicted molar refractivity (Wildman–Crippen MR) is 57.0 cm³/mol. The van der Waals surface area contributed by atoms with Gasteiger partial charge in [-0.15, -0.1) is 0 Å². The normalized spacial score (nSPS) is 9.80. The molecule has 3 heteroatoms. The Labute approximate surface area is 87.8 Å². The van der Waals surface area contributed by atoms with Crippen LogP contribution in [0.5, 0.6) is 0 Å². The third kappa shape index (κ3) is 1.45. The highest BCUT2D eigenvalue weighted by Gasteiger charge is 2.07. The highest BCUT2D eigenvalue weighted by molar-refractivity contribution is 5.83. The molecule has 1 aromatic heterocycles. The monoisotopic (exact) mass is 195 g/mol. The second kappa shape index (κ2) is 3.48. The van der Waals surface area contributed by atoms with Crippen molar-refractivity contribution >= 4 is 10.9 Å². The number of nitriles is 2. The van der Waals surface area contributed by atoms with Crippen molar-refractivity contribution in [2.45, 2.75) is 13.5 Å². The van der Waals surface area contributed by atoms with Crippen LogP contribution >= 0.6 is 0 Å². The fourth-order valence-corrected chi connectivity index (χ4v) is 1.72. The molecule has 1 aromatic carbocycles. The molecule has 0 aliphatic rings. The summed E-state index contributed by atoms with van der Waals surface area (Å²) in [5.41, 5.74) is 2.64. The Kier molecular flexibility index (Phi) is 2.15. The van der Waals surface area contributed by atoms with Crippen LogP contribution in [0.3, 0.4) is 0 Å². The van der Waals surface area contributed by atoms with Crippen LogP contribution in [0.15, 0.2) is 24.3 Å². The highest BCUT2D eigenvalue weighted by atomic mass is 15.0. The number of hydrogen-bond acceptors (Lipinski definition) is 2. The average molecular weight is 195 g/mol. The lowest BCUT2D eigenvalue weighted by molar-refractivity contribution is 0.858. The van der Waals surface area contributed by atoms with E-state index in [0.29, 0.717) is 5.69 Å². The minimum Gasteiger partial charge on any atom is -0.318 e. The van der Waals surface area contributed by atoms with E-state index in [4.69, 9.17) is 10.5 Å². The van der Waals surface area contributed by atoms with Crippen molar-refractivity contribution in [3.05, 3.63) is 35.5 Å². The zero-order valence-corrected chi connectivity index (χ0v) is 8.36. The van der Waals surface area contributed by atoms with Gasteiger partial charge in [0.25, 0.3) is 0 Å². The molecule has 0 aliphatic carbocycles. The van der Waals surface area contributed by atoms with Crippen molar-refractivity contribution < 1.29 is 0 Å². The predicted octanol–water partition coefficient (Wildman–Crippen LogP) is 2.34. The smallest absolute Gasteiger partial charge is 0.122 e. The molecule has 0 fully saturated rings. The maximum Gasteiger partial charge on any atom is 0.122 e. The van der Waals surface area contributed by atoms with E-state index >= 15 is 0 Å². The summed E-state index contributed by atoms with van der Waals surface area (Å²) in [6.07, 6.45) is 0. The third-order valence-corrected chi connectivity index (χ3v) is 2.40. The van der Waals surface area contributed by atoms with E-state index in [-0.39, 0.29) is 6.54 Å². The van der Waals surface area contributed by atoms with Crippen molar-refractivity contribution in [2.24, 2.45) is 0 Å². The van der Waals surface area contributed by atoms with Gasteiger partial charge < -0.3 is 4.57 Å². The quantitative estimate of drug-likeness (QED) is 0.701. The van der Waals surface area contributed by atoms with Crippen molar-refractivity contribution in [2.75, 3.05) is 0 Å². The Balaban J connectivity index is 2.77. The number of fused-ring (bicyclic) bond motifs is 1. The van der Waals surface area contributed by atoms with Gasteiger partial charge in [0.05, 0.1) is 11.6 Å². The van der Waals surface area contributed by atoms with Gasteiger partial charge in [-0.3, -0.25) is 0 Å². The Morgan fingerprint density at radius 2 is 2.07 bits per heavy atom. The number of benzene rings is 1. The first-order chi connectivity index (χ1) is 7.26. The van der Waals surface area contributed by atoms with E-state index in [9.17, 15) is 0 Å². The molecule has 0 amide bonds. The number of hydrogen-bond donors (Lipinski definition) is 0. The van der Waals surface area contributed by atoms with Crippen molar-refractivity contribution in [1.82, 2.24) is 4.57 Å². The Morgan fingerprint density at radius 1 is 1.27 bits per heavy atom. The van der Waals surface area contributed by atoms with Crippen LogP contribution in [0.2, 0.25) is 0 Å². The number of rotatable bonds is 1. The molecule has 0 bridgehead atoms. The van der Waals surface area contributed by atoms with Crippen LogP contribution < -0.4 is 0 Å². The summed E-state index contributed by atoms with van der Waals surface area (Å²) in [7, 11) is 0. The van der Waals surface area contributed by atoms with Gasteiger partial charge in [-0.05, 0) is 25.1 Å². The molecule has 72 valence electrons. The van der Waals surface area contributed by atoms with Gasteiger partial charge in [-0.1, -0.05) is 11.6 Å². The van der Waals surface area contributed by atoms with E-state index in [1.807, 2.05) is 31.2 Å². The van der Waals surface area contributed by atoms with E-state index in [0.717, 1.165) is 16.5 Å². The minimum absolute atomic E-state index is 0.218. The summed E-state index contributed by atoms with van der Waals surface area (Å²) in [5, 5.41) is 18.6. The molecule has 0 saturated carbocycles. The Hall–Kier alpha value is -2.26. The summed E-state index contributed by atoms with van der Waals surface area (Å²) in [6, 6.07) is 11.9. The van der Waals surface area contributed by atoms with Crippen LogP contribution in [0.1, 0.15) is 11.3 Å². The average Bonchev–Trinajstić information content (AvgIpc) is 2.56. The van der Waals surface area contributed by atoms with Gasteiger partial charge in [-0.2, -0.15) is 10.5 Å². The molecule has 2 rings (SSSR count). The van der Waals surface area contributed by atoms with Crippen LogP contribution in [-0.4, -0.2) is 4.57 Å². The SMILES string of the molecule is Cc1ccc2c(c1)cc(C#N)n2CC#N. The minimum atomic E-state index is 0.218. The van der Waals surface area contributed by atoms with Crippen molar-refractivity contribution in [3.8, 4) is 12.1 Å². The topological polar surface area (TPSA) is 52.5 Å². The number of aromatic nitrogens is 1. The number of aryl methyl sites for hydroxylation is 1. The number of nitrogens with zero attached hydrogens (tertiary/aromatic N) is 3. The highest BCUT2D eigenvalue weighted by Crippen LogP contribution is 2.20. The second-order valence-electron chi connectivity index (χ2n) is 3.45. The molecule has 0 aliphatic heterocycles. The summed E-state index contributed by atoms with van der Waals surface area (Å²) in [5.74, 6) is 0. The zero-order valence-electron chi connectivity index (χ0n) is 8.36. The second-order valence-corrected chi connectivity index (χ2v) is 3.45. The van der Waals surface area contributed by atoms with Crippen LogP contribution in [0.4, 0.5) is 0 Å². The first-order valence-corrected chi connectivity index (χ1v) is 4.63. The molecule has 0 atom stereocenters. The van der Waals surface area contributed by atoms with E-state index in [1.54, 1.807) is 4.57 Å². The molecule has 0 unspecified atom stereocenters. The summed E-state index contributed by atoms with van der Waals surface area (Å²) in [6.45, 7) is 2.22. The van der Waals surface area contributed by atoms with Gasteiger partial charge in [-0.25, -0.2) is 0 Å². The standard InChI is InChI=1S/C12H9N3/c1-9-2-3-12-10(6-9)7-11(8-14)15(12)5-4-13/h2-3,6-7H,5H2,1H3. The van der Waals surface area contributed by atoms with E-state index < -0.39 is 0 Å². The summed E-state index contributed by atoms with van der Waals surface area (Å²) < 4.78 is 1.73.